The maximum atomic E-state index is 12.3. The summed E-state index contributed by atoms with van der Waals surface area (Å²) in [4.78, 5) is 27.4. The fraction of sp³-hybridized carbons (Fsp3) is 0.267. The second-order valence-corrected chi connectivity index (χ2v) is 4.51. The zero-order valence-corrected chi connectivity index (χ0v) is 11.2. The molecule has 0 radical (unpaired) electrons. The molecule has 104 valence electrons. The van der Waals surface area contributed by atoms with E-state index < -0.39 is 11.7 Å². The van der Waals surface area contributed by atoms with Gasteiger partial charge in [-0.2, -0.15) is 0 Å². The zero-order valence-electron chi connectivity index (χ0n) is 11.2. The lowest BCUT2D eigenvalue weighted by atomic mass is 9.99. The van der Waals surface area contributed by atoms with Crippen LogP contribution in [-0.2, 0) is 6.42 Å². The standard InChI is InChI=1S/C15H16N2O3/c1-2-3-6-13-12(11-5-4-8-16-10-11)7-9-17(14(13)18)15(19)20/h4-5,7-10H,2-3,6H2,1H3,(H,19,20). The van der Waals surface area contributed by atoms with Crippen molar-refractivity contribution in [3.8, 4) is 11.1 Å². The van der Waals surface area contributed by atoms with Gasteiger partial charge < -0.3 is 5.11 Å². The third-order valence-electron chi connectivity index (χ3n) is 3.15. The number of carbonyl (C=O) groups is 1. The van der Waals surface area contributed by atoms with Crippen LogP contribution in [0, 0.1) is 0 Å². The van der Waals surface area contributed by atoms with Crippen molar-refractivity contribution in [1.82, 2.24) is 9.55 Å². The van der Waals surface area contributed by atoms with Crippen molar-refractivity contribution in [1.29, 1.82) is 0 Å². The van der Waals surface area contributed by atoms with Gasteiger partial charge in [0, 0.05) is 29.7 Å². The van der Waals surface area contributed by atoms with Crippen molar-refractivity contribution >= 4 is 6.09 Å². The summed E-state index contributed by atoms with van der Waals surface area (Å²) >= 11 is 0. The van der Waals surface area contributed by atoms with Crippen LogP contribution in [0.5, 0.6) is 0 Å². The smallest absolute Gasteiger partial charge is 0.418 e. The molecule has 5 heteroatoms. The third-order valence-corrected chi connectivity index (χ3v) is 3.15. The Labute approximate surface area is 116 Å². The maximum Gasteiger partial charge on any atom is 0.418 e. The highest BCUT2D eigenvalue weighted by molar-refractivity contribution is 5.71. The first-order valence-corrected chi connectivity index (χ1v) is 6.53. The predicted molar refractivity (Wildman–Crippen MR) is 76.0 cm³/mol. The molecule has 2 aromatic rings. The summed E-state index contributed by atoms with van der Waals surface area (Å²) in [7, 11) is 0. The summed E-state index contributed by atoms with van der Waals surface area (Å²) in [5.74, 6) is 0. The molecule has 0 aliphatic heterocycles. The van der Waals surface area contributed by atoms with Gasteiger partial charge in [0.25, 0.3) is 5.56 Å². The minimum atomic E-state index is -1.26. The Balaban J connectivity index is 2.60. The molecule has 2 aromatic heterocycles. The molecular formula is C15H16N2O3. The average Bonchev–Trinajstić information content (AvgIpc) is 2.46. The van der Waals surface area contributed by atoms with Crippen LogP contribution < -0.4 is 5.56 Å². The maximum absolute atomic E-state index is 12.3. The lowest BCUT2D eigenvalue weighted by Crippen LogP contribution is -2.28. The number of carboxylic acid groups (broad SMARTS) is 1. The van der Waals surface area contributed by atoms with E-state index in [0.717, 1.165) is 28.5 Å². The van der Waals surface area contributed by atoms with E-state index in [0.29, 0.717) is 12.0 Å². The van der Waals surface area contributed by atoms with Crippen LogP contribution in [0.3, 0.4) is 0 Å². The van der Waals surface area contributed by atoms with Crippen molar-refractivity contribution in [2.75, 3.05) is 0 Å². The van der Waals surface area contributed by atoms with E-state index in [-0.39, 0.29) is 0 Å². The van der Waals surface area contributed by atoms with E-state index in [4.69, 9.17) is 5.11 Å². The molecule has 20 heavy (non-hydrogen) atoms. The first-order chi connectivity index (χ1) is 9.65. The topological polar surface area (TPSA) is 72.2 Å². The van der Waals surface area contributed by atoms with Crippen LogP contribution in [0.15, 0.2) is 41.6 Å². The third kappa shape index (κ3) is 2.77. The Morgan fingerprint density at radius 2 is 2.20 bits per heavy atom. The molecule has 0 atom stereocenters. The fourth-order valence-corrected chi connectivity index (χ4v) is 2.12. The summed E-state index contributed by atoms with van der Waals surface area (Å²) in [6.07, 6.45) is 5.71. The van der Waals surface area contributed by atoms with E-state index >= 15 is 0 Å². The van der Waals surface area contributed by atoms with Crippen LogP contribution in [0.1, 0.15) is 25.3 Å². The van der Waals surface area contributed by atoms with Gasteiger partial charge in [-0.25, -0.2) is 9.36 Å². The second-order valence-electron chi connectivity index (χ2n) is 4.51. The molecule has 1 N–H and O–H groups in total. The Bertz CT molecular complexity index is 663. The van der Waals surface area contributed by atoms with E-state index in [1.165, 1.54) is 6.20 Å². The van der Waals surface area contributed by atoms with Gasteiger partial charge in [0.2, 0.25) is 0 Å². The van der Waals surface area contributed by atoms with E-state index in [2.05, 4.69) is 4.98 Å². The highest BCUT2D eigenvalue weighted by Gasteiger charge is 2.14. The number of pyridine rings is 2. The lowest BCUT2D eigenvalue weighted by Gasteiger charge is -2.10. The van der Waals surface area contributed by atoms with E-state index in [1.807, 2.05) is 13.0 Å². The molecule has 0 aromatic carbocycles. The number of rotatable bonds is 4. The Kier molecular flexibility index (Phi) is 4.30. The Morgan fingerprint density at radius 1 is 1.40 bits per heavy atom. The van der Waals surface area contributed by atoms with Crippen molar-refractivity contribution < 1.29 is 9.90 Å². The van der Waals surface area contributed by atoms with Crippen LogP contribution in [0.25, 0.3) is 11.1 Å². The number of hydrogen-bond acceptors (Lipinski definition) is 3. The van der Waals surface area contributed by atoms with Crippen molar-refractivity contribution in [2.45, 2.75) is 26.2 Å². The van der Waals surface area contributed by atoms with Gasteiger partial charge in [-0.1, -0.05) is 19.4 Å². The molecule has 2 rings (SSSR count). The molecule has 0 bridgehead atoms. The molecule has 0 unspecified atom stereocenters. The monoisotopic (exact) mass is 272 g/mol. The molecule has 0 amide bonds. The van der Waals surface area contributed by atoms with Gasteiger partial charge in [0.15, 0.2) is 0 Å². The molecule has 0 aliphatic rings. The van der Waals surface area contributed by atoms with Gasteiger partial charge in [0.05, 0.1) is 0 Å². The molecule has 0 fully saturated rings. The summed E-state index contributed by atoms with van der Waals surface area (Å²) < 4.78 is 0.727. The minimum absolute atomic E-state index is 0.465. The number of aromatic nitrogens is 2. The molecule has 0 spiro atoms. The van der Waals surface area contributed by atoms with Crippen LogP contribution >= 0.6 is 0 Å². The predicted octanol–water partition coefficient (Wildman–Crippen LogP) is 2.78. The van der Waals surface area contributed by atoms with Crippen LogP contribution in [0.2, 0.25) is 0 Å². The zero-order chi connectivity index (χ0) is 14.5. The Morgan fingerprint density at radius 3 is 2.80 bits per heavy atom. The molecular weight excluding hydrogens is 256 g/mol. The highest BCUT2D eigenvalue weighted by Crippen LogP contribution is 2.21. The van der Waals surface area contributed by atoms with Crippen molar-refractivity contribution in [3.05, 3.63) is 52.7 Å². The first-order valence-electron chi connectivity index (χ1n) is 6.53. The normalized spacial score (nSPS) is 10.4. The van der Waals surface area contributed by atoms with Gasteiger partial charge in [-0.05, 0) is 30.5 Å². The SMILES string of the molecule is CCCCc1c(-c2cccnc2)ccn(C(=O)O)c1=O. The quantitative estimate of drug-likeness (QED) is 0.928. The fourth-order valence-electron chi connectivity index (χ4n) is 2.12. The summed E-state index contributed by atoms with van der Waals surface area (Å²) in [6.45, 7) is 2.03. The van der Waals surface area contributed by atoms with Gasteiger partial charge >= 0.3 is 6.09 Å². The van der Waals surface area contributed by atoms with Gasteiger partial charge in [-0.3, -0.25) is 9.78 Å². The van der Waals surface area contributed by atoms with E-state index in [9.17, 15) is 9.59 Å². The van der Waals surface area contributed by atoms with Crippen LogP contribution in [0.4, 0.5) is 4.79 Å². The summed E-state index contributed by atoms with van der Waals surface area (Å²) in [6, 6.07) is 5.32. The molecule has 2 heterocycles. The number of nitrogens with zero attached hydrogens (tertiary/aromatic N) is 2. The second kappa shape index (κ2) is 6.14. The van der Waals surface area contributed by atoms with Crippen molar-refractivity contribution in [2.24, 2.45) is 0 Å². The number of unbranched alkanes of at least 4 members (excludes halogenated alkanes) is 1. The van der Waals surface area contributed by atoms with Crippen LogP contribution in [-0.4, -0.2) is 20.8 Å². The van der Waals surface area contributed by atoms with Gasteiger partial charge in [0.1, 0.15) is 0 Å². The molecule has 0 saturated carbocycles. The van der Waals surface area contributed by atoms with Gasteiger partial charge in [-0.15, -0.1) is 0 Å². The minimum Gasteiger partial charge on any atom is -0.464 e. The highest BCUT2D eigenvalue weighted by atomic mass is 16.4. The summed E-state index contributed by atoms with van der Waals surface area (Å²) in [5.41, 5.74) is 1.65. The molecule has 0 saturated heterocycles. The average molecular weight is 272 g/mol. The summed E-state index contributed by atoms with van der Waals surface area (Å²) in [5, 5.41) is 9.03. The van der Waals surface area contributed by atoms with E-state index in [1.54, 1.807) is 24.5 Å². The molecule has 5 nitrogen and oxygen atoms in total. The lowest BCUT2D eigenvalue weighted by molar-refractivity contribution is 0.195. The van der Waals surface area contributed by atoms with Crippen molar-refractivity contribution in [3.63, 3.8) is 0 Å². The first kappa shape index (κ1) is 14.0. The number of hydrogen-bond donors (Lipinski definition) is 1. The molecule has 0 aliphatic carbocycles. The Hall–Kier alpha value is -2.43. The largest absolute Gasteiger partial charge is 0.464 e.